The van der Waals surface area contributed by atoms with Gasteiger partial charge in [-0.05, 0) is 45.7 Å². The van der Waals surface area contributed by atoms with Crippen molar-refractivity contribution in [1.29, 1.82) is 0 Å². The summed E-state index contributed by atoms with van der Waals surface area (Å²) >= 11 is 5.42. The van der Waals surface area contributed by atoms with E-state index in [-0.39, 0.29) is 0 Å². The number of hydrogen-bond donors (Lipinski definition) is 0. The highest BCUT2D eigenvalue weighted by atomic mass is 32.1. The van der Waals surface area contributed by atoms with E-state index in [4.69, 9.17) is 12.2 Å². The van der Waals surface area contributed by atoms with Crippen molar-refractivity contribution in [3.63, 3.8) is 0 Å². The highest BCUT2D eigenvalue weighted by Gasteiger charge is 2.50. The van der Waals surface area contributed by atoms with Crippen LogP contribution < -0.4 is 0 Å². The molecule has 0 radical (unpaired) electrons. The van der Waals surface area contributed by atoms with Gasteiger partial charge >= 0.3 is 0 Å². The molecule has 2 aliphatic rings. The maximum absolute atomic E-state index is 5.42. The Balaban J connectivity index is 2.29. The molecule has 2 saturated carbocycles. The summed E-state index contributed by atoms with van der Waals surface area (Å²) in [6.07, 6.45) is 5.26. The SMILES string of the molecule is CN(C)C12CCC(CC1=S)C2. The van der Waals surface area contributed by atoms with E-state index in [0.717, 1.165) is 5.92 Å². The zero-order valence-corrected chi connectivity index (χ0v) is 8.08. The van der Waals surface area contributed by atoms with Crippen molar-refractivity contribution < 1.29 is 0 Å². The second kappa shape index (κ2) is 2.27. The van der Waals surface area contributed by atoms with Gasteiger partial charge in [0.1, 0.15) is 0 Å². The average molecular weight is 169 g/mol. The zero-order chi connectivity index (χ0) is 8.06. The first-order chi connectivity index (χ1) is 5.15. The van der Waals surface area contributed by atoms with Gasteiger partial charge in [-0.25, -0.2) is 0 Å². The number of fused-ring (bicyclic) bond motifs is 2. The number of hydrogen-bond acceptors (Lipinski definition) is 2. The maximum atomic E-state index is 5.42. The summed E-state index contributed by atoms with van der Waals surface area (Å²) < 4.78 is 0. The van der Waals surface area contributed by atoms with Crippen LogP contribution in [-0.2, 0) is 0 Å². The van der Waals surface area contributed by atoms with E-state index in [1.807, 2.05) is 0 Å². The summed E-state index contributed by atoms with van der Waals surface area (Å²) in [6.45, 7) is 0. The molecule has 2 heteroatoms. The van der Waals surface area contributed by atoms with Crippen molar-refractivity contribution in [2.24, 2.45) is 5.92 Å². The van der Waals surface area contributed by atoms with E-state index < -0.39 is 0 Å². The highest BCUT2D eigenvalue weighted by molar-refractivity contribution is 7.80. The third-order valence-corrected chi connectivity index (χ3v) is 3.99. The minimum atomic E-state index is 0.333. The summed E-state index contributed by atoms with van der Waals surface area (Å²) in [6, 6.07) is 0. The lowest BCUT2D eigenvalue weighted by atomic mass is 9.92. The molecule has 2 rings (SSSR count). The molecule has 2 bridgehead atoms. The molecule has 0 amide bonds. The topological polar surface area (TPSA) is 3.24 Å². The van der Waals surface area contributed by atoms with Crippen LogP contribution in [0.4, 0.5) is 0 Å². The van der Waals surface area contributed by atoms with Gasteiger partial charge in [-0.2, -0.15) is 0 Å². The first-order valence-corrected chi connectivity index (χ1v) is 4.77. The van der Waals surface area contributed by atoms with Crippen LogP contribution in [0.15, 0.2) is 0 Å². The van der Waals surface area contributed by atoms with Gasteiger partial charge in [0, 0.05) is 4.86 Å². The molecule has 0 aromatic rings. The van der Waals surface area contributed by atoms with Crippen LogP contribution in [0.1, 0.15) is 25.7 Å². The standard InChI is InChI=1S/C9H15NS/c1-10(2)9-4-3-7(6-9)5-8(9)11/h7H,3-6H2,1-2H3. The van der Waals surface area contributed by atoms with Crippen molar-refractivity contribution in [2.75, 3.05) is 14.1 Å². The molecule has 62 valence electrons. The summed E-state index contributed by atoms with van der Waals surface area (Å²) in [5.41, 5.74) is 0.333. The highest BCUT2D eigenvalue weighted by Crippen LogP contribution is 2.48. The fourth-order valence-corrected chi connectivity index (χ4v) is 3.26. The summed E-state index contributed by atoms with van der Waals surface area (Å²) in [5.74, 6) is 0.921. The van der Waals surface area contributed by atoms with Crippen molar-refractivity contribution in [3.05, 3.63) is 0 Å². The molecule has 0 aromatic heterocycles. The van der Waals surface area contributed by atoms with Crippen molar-refractivity contribution in [1.82, 2.24) is 4.90 Å². The van der Waals surface area contributed by atoms with Gasteiger partial charge in [-0.1, -0.05) is 12.2 Å². The minimum Gasteiger partial charge on any atom is -0.299 e. The number of rotatable bonds is 1. The second-order valence-electron chi connectivity index (χ2n) is 4.16. The van der Waals surface area contributed by atoms with E-state index >= 15 is 0 Å². The summed E-state index contributed by atoms with van der Waals surface area (Å²) in [7, 11) is 4.33. The maximum Gasteiger partial charge on any atom is 0.0521 e. The molecule has 0 aromatic carbocycles. The predicted molar refractivity (Wildman–Crippen MR) is 51.0 cm³/mol. The molecule has 0 heterocycles. The van der Waals surface area contributed by atoms with Crippen LogP contribution >= 0.6 is 12.2 Å². The van der Waals surface area contributed by atoms with Crippen molar-refractivity contribution in [3.8, 4) is 0 Å². The molecule has 1 nitrogen and oxygen atoms in total. The van der Waals surface area contributed by atoms with Gasteiger partial charge in [0.2, 0.25) is 0 Å². The first kappa shape index (κ1) is 7.69. The Morgan fingerprint density at radius 1 is 1.55 bits per heavy atom. The smallest absolute Gasteiger partial charge is 0.0521 e. The third kappa shape index (κ3) is 0.890. The van der Waals surface area contributed by atoms with E-state index in [0.29, 0.717) is 5.54 Å². The van der Waals surface area contributed by atoms with Crippen molar-refractivity contribution >= 4 is 17.1 Å². The number of thiocarbonyl (C=S) groups is 1. The molecule has 2 unspecified atom stereocenters. The van der Waals surface area contributed by atoms with E-state index in [1.165, 1.54) is 30.5 Å². The Hall–Kier alpha value is 0.0500. The Labute approximate surface area is 73.8 Å². The van der Waals surface area contributed by atoms with E-state index in [2.05, 4.69) is 19.0 Å². The van der Waals surface area contributed by atoms with Crippen molar-refractivity contribution in [2.45, 2.75) is 31.2 Å². The molecule has 0 saturated heterocycles. The van der Waals surface area contributed by atoms with Crippen LogP contribution in [0.2, 0.25) is 0 Å². The van der Waals surface area contributed by atoms with E-state index in [1.54, 1.807) is 0 Å². The Morgan fingerprint density at radius 2 is 2.27 bits per heavy atom. The predicted octanol–water partition coefficient (Wildman–Crippen LogP) is 1.86. The lowest BCUT2D eigenvalue weighted by Gasteiger charge is -2.34. The van der Waals surface area contributed by atoms with Crippen LogP contribution in [-0.4, -0.2) is 29.4 Å². The van der Waals surface area contributed by atoms with Crippen LogP contribution in [0.3, 0.4) is 0 Å². The first-order valence-electron chi connectivity index (χ1n) is 4.36. The lowest BCUT2D eigenvalue weighted by molar-refractivity contribution is 0.243. The van der Waals surface area contributed by atoms with Gasteiger partial charge in [0.15, 0.2) is 0 Å². The van der Waals surface area contributed by atoms with Crippen LogP contribution in [0, 0.1) is 5.92 Å². The van der Waals surface area contributed by atoms with Crippen LogP contribution in [0.5, 0.6) is 0 Å². The normalized spacial score (nSPS) is 42.5. The van der Waals surface area contributed by atoms with Gasteiger partial charge in [0.25, 0.3) is 0 Å². The molecule has 0 spiro atoms. The molecule has 0 N–H and O–H groups in total. The molecular formula is C9H15NS. The quantitative estimate of drug-likeness (QED) is 0.551. The molecule has 2 fully saturated rings. The summed E-state index contributed by atoms with van der Waals surface area (Å²) in [4.78, 5) is 3.65. The monoisotopic (exact) mass is 169 g/mol. The fraction of sp³-hybridized carbons (Fsp3) is 0.889. The fourth-order valence-electron chi connectivity index (χ4n) is 2.66. The van der Waals surface area contributed by atoms with E-state index in [9.17, 15) is 0 Å². The third-order valence-electron chi connectivity index (χ3n) is 3.44. The lowest BCUT2D eigenvalue weighted by Crippen LogP contribution is -2.45. The Bertz CT molecular complexity index is 200. The second-order valence-corrected chi connectivity index (χ2v) is 4.65. The Morgan fingerprint density at radius 3 is 2.55 bits per heavy atom. The van der Waals surface area contributed by atoms with Gasteiger partial charge in [-0.3, -0.25) is 4.90 Å². The molecule has 0 aliphatic heterocycles. The van der Waals surface area contributed by atoms with Gasteiger partial charge in [-0.15, -0.1) is 0 Å². The average Bonchev–Trinajstić information content (AvgIpc) is 2.43. The minimum absolute atomic E-state index is 0.333. The molecule has 11 heavy (non-hydrogen) atoms. The Kier molecular flexibility index (Phi) is 1.58. The zero-order valence-electron chi connectivity index (χ0n) is 7.26. The largest absolute Gasteiger partial charge is 0.299 e. The van der Waals surface area contributed by atoms with Gasteiger partial charge in [0.05, 0.1) is 5.54 Å². The molecule has 2 aliphatic carbocycles. The molecular weight excluding hydrogens is 154 g/mol. The number of nitrogens with zero attached hydrogens (tertiary/aromatic N) is 1. The summed E-state index contributed by atoms with van der Waals surface area (Å²) in [5, 5.41) is 0. The van der Waals surface area contributed by atoms with Gasteiger partial charge < -0.3 is 0 Å². The van der Waals surface area contributed by atoms with Crippen LogP contribution in [0.25, 0.3) is 0 Å². The molecule has 2 atom stereocenters.